The second-order valence-corrected chi connectivity index (χ2v) is 18.4. The Hall–Kier alpha value is -3.08. The van der Waals surface area contributed by atoms with Gasteiger partial charge in [-0.25, -0.2) is 4.57 Å². The summed E-state index contributed by atoms with van der Waals surface area (Å²) in [5.41, 5.74) is 0. The van der Waals surface area contributed by atoms with Crippen molar-refractivity contribution in [3.05, 3.63) is 72.9 Å². The molecule has 0 rings (SSSR count). The summed E-state index contributed by atoms with van der Waals surface area (Å²) in [6.45, 7) is 4.37. The van der Waals surface area contributed by atoms with Gasteiger partial charge in [-0.1, -0.05) is 184 Å². The molecule has 0 spiro atoms. The Balaban J connectivity index is 4.83. The zero-order chi connectivity index (χ0) is 48.4. The van der Waals surface area contributed by atoms with Gasteiger partial charge < -0.3 is 24.2 Å². The summed E-state index contributed by atoms with van der Waals surface area (Å²) >= 11 is 0. The first-order valence-electron chi connectivity index (χ1n) is 25.8. The number of aliphatic hydroxyl groups excluding tert-OH is 1. The fourth-order valence-electron chi connectivity index (χ4n) is 6.68. The van der Waals surface area contributed by atoms with Crippen LogP contribution in [0.15, 0.2) is 72.9 Å². The maximum absolute atomic E-state index is 12.8. The summed E-state index contributed by atoms with van der Waals surface area (Å²) in [5.74, 6) is -1.53. The Morgan fingerprint density at radius 1 is 0.439 bits per heavy atom. The lowest BCUT2D eigenvalue weighted by Gasteiger charge is -2.21. The molecule has 0 bridgehead atoms. The molecule has 0 saturated carbocycles. The van der Waals surface area contributed by atoms with Crippen LogP contribution in [-0.2, 0) is 42.2 Å². The molecule has 380 valence electrons. The number of aliphatic hydroxyl groups is 1. The van der Waals surface area contributed by atoms with E-state index in [0.717, 1.165) is 103 Å². The van der Waals surface area contributed by atoms with Gasteiger partial charge in [0.05, 0.1) is 19.8 Å². The van der Waals surface area contributed by atoms with Gasteiger partial charge in [0, 0.05) is 19.3 Å². The van der Waals surface area contributed by atoms with Crippen molar-refractivity contribution in [1.29, 1.82) is 0 Å². The van der Waals surface area contributed by atoms with Gasteiger partial charge in [-0.3, -0.25) is 23.4 Å². The van der Waals surface area contributed by atoms with E-state index in [1.807, 2.05) is 0 Å². The number of allylic oxidation sites excluding steroid dienone is 12. The minimum atomic E-state index is -4.75. The standard InChI is InChI=1S/C54H93O11P/c1-4-7-10-13-16-19-22-24-25-27-30-33-36-39-42-45-54(58)65-51(47-61-52(56)43-40-37-34-31-29-26-23-20-17-14-11-8-5-2)49-63-66(59,60)62-48-50(46-55)64-53(57)44-41-38-35-32-28-21-18-15-12-9-6-3/h7,10-11,14,16,19-20,23-25,30,33,50-51,55H,4-6,8-9,12-13,15,17-18,21-22,26-29,31-32,34-49H2,1-3H3,(H,59,60)/b10-7-,14-11-,19-16-,23-20-,25-24-,33-30-. The van der Waals surface area contributed by atoms with Crippen LogP contribution in [0.25, 0.3) is 0 Å². The molecular weight excluding hydrogens is 856 g/mol. The van der Waals surface area contributed by atoms with Gasteiger partial charge in [-0.2, -0.15) is 0 Å². The molecule has 3 atom stereocenters. The smallest absolute Gasteiger partial charge is 0.462 e. The van der Waals surface area contributed by atoms with Crippen LogP contribution in [0.1, 0.15) is 213 Å². The van der Waals surface area contributed by atoms with Crippen LogP contribution in [0.5, 0.6) is 0 Å². The summed E-state index contributed by atoms with van der Waals surface area (Å²) < 4.78 is 39.3. The summed E-state index contributed by atoms with van der Waals surface area (Å²) in [6, 6.07) is 0. The van der Waals surface area contributed by atoms with E-state index in [-0.39, 0.29) is 25.9 Å². The highest BCUT2D eigenvalue weighted by Crippen LogP contribution is 2.43. The normalized spacial score (nSPS) is 14.1. The van der Waals surface area contributed by atoms with Crippen molar-refractivity contribution in [2.75, 3.05) is 26.4 Å². The number of carbonyl (C=O) groups excluding carboxylic acids is 3. The van der Waals surface area contributed by atoms with E-state index < -0.39 is 57.8 Å². The van der Waals surface area contributed by atoms with Gasteiger partial charge in [0.25, 0.3) is 0 Å². The number of phosphoric acid groups is 1. The molecule has 0 fully saturated rings. The number of esters is 3. The van der Waals surface area contributed by atoms with Gasteiger partial charge in [0.15, 0.2) is 6.10 Å². The topological polar surface area (TPSA) is 155 Å². The third-order valence-electron chi connectivity index (χ3n) is 10.6. The molecule has 0 aliphatic rings. The molecule has 2 N–H and O–H groups in total. The lowest BCUT2D eigenvalue weighted by atomic mass is 10.1. The minimum Gasteiger partial charge on any atom is -0.462 e. The molecule has 0 aromatic carbocycles. The van der Waals surface area contributed by atoms with E-state index in [2.05, 4.69) is 93.7 Å². The quantitative estimate of drug-likeness (QED) is 0.0197. The molecule has 11 nitrogen and oxygen atoms in total. The number of rotatable bonds is 47. The van der Waals surface area contributed by atoms with Gasteiger partial charge in [-0.05, 0) is 83.5 Å². The molecule has 12 heteroatoms. The van der Waals surface area contributed by atoms with E-state index >= 15 is 0 Å². The van der Waals surface area contributed by atoms with Crippen molar-refractivity contribution in [2.24, 2.45) is 0 Å². The average molecular weight is 949 g/mol. The number of ether oxygens (including phenoxy) is 3. The van der Waals surface area contributed by atoms with Crippen LogP contribution in [0.4, 0.5) is 0 Å². The summed E-state index contributed by atoms with van der Waals surface area (Å²) in [4.78, 5) is 48.2. The molecule has 0 aliphatic carbocycles. The Morgan fingerprint density at radius 3 is 1.30 bits per heavy atom. The fourth-order valence-corrected chi connectivity index (χ4v) is 7.46. The maximum Gasteiger partial charge on any atom is 0.472 e. The lowest BCUT2D eigenvalue weighted by molar-refractivity contribution is -0.161. The van der Waals surface area contributed by atoms with Crippen LogP contribution in [-0.4, -0.2) is 66.5 Å². The molecule has 66 heavy (non-hydrogen) atoms. The van der Waals surface area contributed by atoms with Crippen molar-refractivity contribution in [3.63, 3.8) is 0 Å². The van der Waals surface area contributed by atoms with E-state index in [0.29, 0.717) is 19.3 Å². The Kier molecular flexibility index (Phi) is 46.1. The average Bonchev–Trinajstić information content (AvgIpc) is 3.30. The lowest BCUT2D eigenvalue weighted by Crippen LogP contribution is -2.30. The first-order chi connectivity index (χ1) is 32.2. The molecule has 0 heterocycles. The van der Waals surface area contributed by atoms with Gasteiger partial charge in [-0.15, -0.1) is 0 Å². The zero-order valence-corrected chi connectivity index (χ0v) is 42.5. The number of unbranched alkanes of at least 4 members (excludes halogenated alkanes) is 18. The number of hydrogen-bond acceptors (Lipinski definition) is 10. The summed E-state index contributed by atoms with van der Waals surface area (Å²) in [5, 5.41) is 9.76. The monoisotopic (exact) mass is 949 g/mol. The second-order valence-electron chi connectivity index (χ2n) is 17.0. The van der Waals surface area contributed by atoms with E-state index in [1.165, 1.54) is 51.4 Å². The SMILES string of the molecule is CC/C=C\C/C=C\C/C=C\C/C=C\CCCCC(=O)OC(COC(=O)CCCCCCC/C=C\C/C=C\CCC)COP(=O)(O)OCC(CO)OC(=O)CCCCCCCCCCCCC. The predicted molar refractivity (Wildman–Crippen MR) is 270 cm³/mol. The fraction of sp³-hybridized carbons (Fsp3) is 0.722. The van der Waals surface area contributed by atoms with Crippen LogP contribution in [0, 0.1) is 0 Å². The van der Waals surface area contributed by atoms with Crippen molar-refractivity contribution >= 4 is 25.7 Å². The molecule has 0 radical (unpaired) electrons. The van der Waals surface area contributed by atoms with Gasteiger partial charge >= 0.3 is 25.7 Å². The Morgan fingerprint density at radius 2 is 0.818 bits per heavy atom. The highest BCUT2D eigenvalue weighted by Gasteiger charge is 2.28. The molecular formula is C54H93O11P. The Labute approximate surface area is 401 Å². The van der Waals surface area contributed by atoms with Crippen LogP contribution in [0.3, 0.4) is 0 Å². The molecule has 0 aromatic rings. The van der Waals surface area contributed by atoms with Crippen LogP contribution >= 0.6 is 7.82 Å². The first-order valence-corrected chi connectivity index (χ1v) is 27.3. The highest BCUT2D eigenvalue weighted by atomic mass is 31.2. The van der Waals surface area contributed by atoms with Crippen molar-refractivity contribution < 1.29 is 52.2 Å². The molecule has 0 saturated heterocycles. The van der Waals surface area contributed by atoms with Gasteiger partial charge in [0.1, 0.15) is 12.7 Å². The third-order valence-corrected chi connectivity index (χ3v) is 11.5. The van der Waals surface area contributed by atoms with Crippen molar-refractivity contribution in [1.82, 2.24) is 0 Å². The molecule has 0 amide bonds. The number of carbonyl (C=O) groups is 3. The van der Waals surface area contributed by atoms with E-state index in [1.54, 1.807) is 0 Å². The highest BCUT2D eigenvalue weighted by molar-refractivity contribution is 7.47. The second kappa shape index (κ2) is 48.4. The summed E-state index contributed by atoms with van der Waals surface area (Å²) in [7, 11) is -4.75. The largest absolute Gasteiger partial charge is 0.472 e. The molecule has 0 aromatic heterocycles. The predicted octanol–water partition coefficient (Wildman–Crippen LogP) is 14.6. The van der Waals surface area contributed by atoms with Gasteiger partial charge in [0.2, 0.25) is 0 Å². The van der Waals surface area contributed by atoms with Crippen LogP contribution in [0.2, 0.25) is 0 Å². The van der Waals surface area contributed by atoms with E-state index in [4.69, 9.17) is 23.3 Å². The number of phosphoric ester groups is 1. The van der Waals surface area contributed by atoms with Crippen molar-refractivity contribution in [3.8, 4) is 0 Å². The molecule has 3 unspecified atom stereocenters. The maximum atomic E-state index is 12.8. The molecule has 0 aliphatic heterocycles. The summed E-state index contributed by atoms with van der Waals surface area (Å²) in [6.07, 6.45) is 51.6. The minimum absolute atomic E-state index is 0.111. The zero-order valence-electron chi connectivity index (χ0n) is 41.6. The van der Waals surface area contributed by atoms with Crippen molar-refractivity contribution in [2.45, 2.75) is 226 Å². The first kappa shape index (κ1) is 62.9. The Bertz CT molecular complexity index is 1390. The third kappa shape index (κ3) is 46.0. The number of hydrogen-bond donors (Lipinski definition) is 2. The van der Waals surface area contributed by atoms with Crippen LogP contribution < -0.4 is 0 Å². The van der Waals surface area contributed by atoms with E-state index in [9.17, 15) is 28.9 Å².